The summed E-state index contributed by atoms with van der Waals surface area (Å²) in [5.74, 6) is -1.70. The van der Waals surface area contributed by atoms with E-state index >= 15 is 0 Å². The first-order valence-electron chi connectivity index (χ1n) is 9.49. The second-order valence-electron chi connectivity index (χ2n) is 7.94. The molecule has 1 aromatic heterocycles. The third-order valence-corrected chi connectivity index (χ3v) is 9.72. The number of alkyl halides is 1. The minimum atomic E-state index is -4.05. The number of hydrogen-bond donors (Lipinski definition) is 1. The number of pyridine rings is 1. The number of nitrogens with two attached hydrogens (primary N) is 1. The summed E-state index contributed by atoms with van der Waals surface area (Å²) in [6.07, 6.45) is 2.71. The lowest BCUT2D eigenvalue weighted by Gasteiger charge is -2.39. The summed E-state index contributed by atoms with van der Waals surface area (Å²) < 4.78 is 68.4. The quantitative estimate of drug-likeness (QED) is 0.659. The van der Waals surface area contributed by atoms with Crippen LogP contribution in [-0.4, -0.2) is 35.9 Å². The first-order chi connectivity index (χ1) is 14.5. The molecule has 2 bridgehead atoms. The summed E-state index contributed by atoms with van der Waals surface area (Å²) >= 11 is 3.23. The van der Waals surface area contributed by atoms with E-state index in [1.165, 1.54) is 37.4 Å². The van der Waals surface area contributed by atoms with Gasteiger partial charge in [0.2, 0.25) is 0 Å². The van der Waals surface area contributed by atoms with Crippen LogP contribution in [0.1, 0.15) is 36.6 Å². The van der Waals surface area contributed by atoms with Crippen LogP contribution < -0.4 is 5.73 Å². The van der Waals surface area contributed by atoms with E-state index in [0.29, 0.717) is 10.0 Å². The number of fused-ring (bicyclic) bond motifs is 2. The van der Waals surface area contributed by atoms with Gasteiger partial charge < -0.3 is 5.73 Å². The van der Waals surface area contributed by atoms with Crippen LogP contribution in [0.4, 0.5) is 13.2 Å². The van der Waals surface area contributed by atoms with E-state index in [9.17, 15) is 21.6 Å². The third kappa shape index (κ3) is 3.22. The fraction of sp³-hybridized carbons (Fsp3) is 0.333. The molecule has 0 saturated carbocycles. The van der Waals surface area contributed by atoms with Crippen molar-refractivity contribution in [3.05, 3.63) is 63.6 Å². The Morgan fingerprint density at radius 1 is 1.35 bits per heavy atom. The van der Waals surface area contributed by atoms with E-state index in [1.54, 1.807) is 6.07 Å². The molecule has 2 N–H and O–H groups in total. The topological polar surface area (TPSA) is 85.4 Å². The molecule has 5 nitrogen and oxygen atoms in total. The van der Waals surface area contributed by atoms with E-state index in [2.05, 4.69) is 25.9 Å². The van der Waals surface area contributed by atoms with Crippen LogP contribution in [0.15, 0.2) is 46.0 Å². The lowest BCUT2D eigenvalue weighted by molar-refractivity contribution is 0.415. The van der Waals surface area contributed by atoms with Crippen molar-refractivity contribution >= 4 is 43.5 Å². The summed E-state index contributed by atoms with van der Waals surface area (Å²) in [4.78, 5) is 8.28. The summed E-state index contributed by atoms with van der Waals surface area (Å²) in [6, 6.07) is 6.95. The molecule has 1 aromatic carbocycles. The van der Waals surface area contributed by atoms with Crippen molar-refractivity contribution in [2.75, 3.05) is 6.67 Å². The lowest BCUT2D eigenvalue weighted by Crippen LogP contribution is -2.58. The summed E-state index contributed by atoms with van der Waals surface area (Å²) in [7, 11) is -4.05. The van der Waals surface area contributed by atoms with Gasteiger partial charge in [0.1, 0.15) is 29.7 Å². The Morgan fingerprint density at radius 3 is 2.74 bits per heavy atom. The molecule has 0 aliphatic carbocycles. The third-order valence-electron chi connectivity index (χ3n) is 6.19. The number of sulfone groups is 1. The number of halogens is 4. The number of rotatable bonds is 4. The van der Waals surface area contributed by atoms with Crippen LogP contribution >= 0.6 is 15.9 Å². The number of benzene rings is 1. The molecule has 10 heteroatoms. The van der Waals surface area contributed by atoms with E-state index in [0.717, 1.165) is 6.07 Å². The number of hydrogen-bond acceptors (Lipinski definition) is 5. The Balaban J connectivity index is 1.82. The van der Waals surface area contributed by atoms with Crippen LogP contribution in [0.2, 0.25) is 0 Å². The summed E-state index contributed by atoms with van der Waals surface area (Å²) in [6.45, 7) is 0.294. The standard InChI is InChI=1S/C21H19BrF3N3O2S/c1-20(18-6-7-21(11-23,19(26)28-20)31(18,29)30)14-8-12(2-4-15(14)24)9-16(25)17-5-3-13(22)10-27-17/h2-5,8-10,18H,6-7,11H2,1H3,(H2,26,28)/b16-9-/t18-,20+,21+/m0/s1. The smallest absolute Gasteiger partial charge is 0.171 e. The largest absolute Gasteiger partial charge is 0.386 e. The predicted octanol–water partition coefficient (Wildman–Crippen LogP) is 4.32. The first kappa shape index (κ1) is 22.0. The molecule has 3 atom stereocenters. The van der Waals surface area contributed by atoms with Crippen LogP contribution in [-0.2, 0) is 15.4 Å². The maximum Gasteiger partial charge on any atom is 0.171 e. The second kappa shape index (κ2) is 7.44. The van der Waals surface area contributed by atoms with Crippen LogP contribution in [0, 0.1) is 5.82 Å². The molecule has 1 fully saturated rings. The number of amidine groups is 1. The maximum atomic E-state index is 14.9. The van der Waals surface area contributed by atoms with Crippen molar-refractivity contribution in [3.8, 4) is 0 Å². The van der Waals surface area contributed by atoms with Crippen molar-refractivity contribution in [3.63, 3.8) is 0 Å². The van der Waals surface area contributed by atoms with Gasteiger partial charge in [0.05, 0.1) is 10.9 Å². The molecule has 2 aliphatic heterocycles. The van der Waals surface area contributed by atoms with Crippen LogP contribution in [0.25, 0.3) is 11.9 Å². The Kier molecular flexibility index (Phi) is 5.28. The normalized spacial score (nSPS) is 29.6. The molecule has 164 valence electrons. The maximum absolute atomic E-state index is 14.9. The molecular weight excluding hydrogens is 495 g/mol. The van der Waals surface area contributed by atoms with Crippen molar-refractivity contribution in [2.45, 2.75) is 35.3 Å². The fourth-order valence-corrected chi connectivity index (χ4v) is 7.30. The Labute approximate surface area is 186 Å². The van der Waals surface area contributed by atoms with Crippen molar-refractivity contribution in [2.24, 2.45) is 10.7 Å². The van der Waals surface area contributed by atoms with E-state index in [1.807, 2.05) is 0 Å². The zero-order chi connectivity index (χ0) is 22.6. The SMILES string of the molecule is C[C@]1(c2cc(/C=C(\F)c3ccc(Br)cn3)ccc2F)N=C(N)[C@]2(CF)CC[C@@H]1S2(=O)=O. The highest BCUT2D eigenvalue weighted by atomic mass is 79.9. The number of aliphatic imine (C=N–C) groups is 1. The van der Waals surface area contributed by atoms with Gasteiger partial charge in [-0.3, -0.25) is 9.98 Å². The molecule has 2 aliphatic rings. The molecule has 1 saturated heterocycles. The molecule has 2 aromatic rings. The predicted molar refractivity (Wildman–Crippen MR) is 117 cm³/mol. The van der Waals surface area contributed by atoms with Crippen molar-refractivity contribution < 1.29 is 21.6 Å². The Morgan fingerprint density at radius 2 is 2.10 bits per heavy atom. The highest BCUT2D eigenvalue weighted by molar-refractivity contribution is 9.10. The van der Waals surface area contributed by atoms with Gasteiger partial charge in [-0.2, -0.15) is 0 Å². The molecule has 0 unspecified atom stereocenters. The molecule has 3 heterocycles. The molecular formula is C21H19BrF3N3O2S. The minimum Gasteiger partial charge on any atom is -0.386 e. The average molecular weight is 514 g/mol. The van der Waals surface area contributed by atoms with Gasteiger partial charge in [-0.15, -0.1) is 0 Å². The van der Waals surface area contributed by atoms with Crippen molar-refractivity contribution in [1.82, 2.24) is 4.98 Å². The molecule has 0 radical (unpaired) electrons. The number of nitrogens with zero attached hydrogens (tertiary/aromatic N) is 2. The lowest BCUT2D eigenvalue weighted by atomic mass is 9.86. The van der Waals surface area contributed by atoms with Crippen molar-refractivity contribution in [1.29, 1.82) is 0 Å². The van der Waals surface area contributed by atoms with Gasteiger partial charge in [-0.05, 0) is 71.6 Å². The summed E-state index contributed by atoms with van der Waals surface area (Å²) in [5.41, 5.74) is 4.72. The average Bonchev–Trinajstić information content (AvgIpc) is 2.93. The van der Waals surface area contributed by atoms with Gasteiger partial charge in [-0.25, -0.2) is 21.6 Å². The zero-order valence-electron chi connectivity index (χ0n) is 16.4. The van der Waals surface area contributed by atoms with E-state index in [4.69, 9.17) is 5.73 Å². The van der Waals surface area contributed by atoms with Crippen LogP contribution in [0.5, 0.6) is 0 Å². The van der Waals surface area contributed by atoms with Crippen LogP contribution in [0.3, 0.4) is 0 Å². The van der Waals surface area contributed by atoms with E-state index in [-0.39, 0.29) is 29.9 Å². The Bertz CT molecular complexity index is 1220. The molecule has 0 amide bonds. The van der Waals surface area contributed by atoms with Gasteiger partial charge in [0, 0.05) is 16.2 Å². The zero-order valence-corrected chi connectivity index (χ0v) is 18.9. The monoisotopic (exact) mass is 513 g/mol. The Hall–Kier alpha value is -2.20. The minimum absolute atomic E-state index is 0.00744. The van der Waals surface area contributed by atoms with Gasteiger partial charge in [-0.1, -0.05) is 6.07 Å². The highest BCUT2D eigenvalue weighted by Crippen LogP contribution is 2.51. The molecule has 0 spiro atoms. The van der Waals surface area contributed by atoms with Gasteiger partial charge in [0.25, 0.3) is 0 Å². The fourth-order valence-electron chi connectivity index (χ4n) is 4.42. The summed E-state index contributed by atoms with van der Waals surface area (Å²) in [5, 5.41) is -1.13. The molecule has 31 heavy (non-hydrogen) atoms. The van der Waals surface area contributed by atoms with Gasteiger partial charge in [0.15, 0.2) is 14.6 Å². The van der Waals surface area contributed by atoms with E-state index < -0.39 is 43.7 Å². The number of aromatic nitrogens is 1. The first-order valence-corrected chi connectivity index (χ1v) is 11.8. The van der Waals surface area contributed by atoms with Gasteiger partial charge >= 0.3 is 0 Å². The second-order valence-corrected chi connectivity index (χ2v) is 11.3. The highest BCUT2D eigenvalue weighted by Gasteiger charge is 2.65. The molecule has 4 rings (SSSR count).